The molecule has 3 aromatic carbocycles. The topological polar surface area (TPSA) is 49.4 Å². The maximum Gasteiger partial charge on any atom is 0.255 e. The van der Waals surface area contributed by atoms with E-state index in [1.165, 1.54) is 41.6 Å². The number of amides is 2. The van der Waals surface area contributed by atoms with Gasteiger partial charge in [-0.15, -0.1) is 11.8 Å². The van der Waals surface area contributed by atoms with E-state index in [2.05, 4.69) is 11.4 Å². The summed E-state index contributed by atoms with van der Waals surface area (Å²) < 4.78 is 13.0. The number of halogens is 1. The molecule has 1 N–H and O–H groups in total. The summed E-state index contributed by atoms with van der Waals surface area (Å²) >= 11 is 1.47. The van der Waals surface area contributed by atoms with E-state index < -0.39 is 0 Å². The van der Waals surface area contributed by atoms with Crippen LogP contribution in [0.25, 0.3) is 0 Å². The Labute approximate surface area is 172 Å². The summed E-state index contributed by atoms with van der Waals surface area (Å²) in [5.74, 6) is -0.230. The lowest BCUT2D eigenvalue weighted by Crippen LogP contribution is -2.30. The van der Waals surface area contributed by atoms with Crippen molar-refractivity contribution >= 4 is 35.0 Å². The molecule has 0 atom stereocenters. The van der Waals surface area contributed by atoms with Crippen LogP contribution < -0.4 is 10.2 Å². The molecule has 146 valence electrons. The van der Waals surface area contributed by atoms with Gasteiger partial charge in [0, 0.05) is 28.4 Å². The zero-order valence-electron chi connectivity index (χ0n) is 15.6. The molecule has 4 rings (SSSR count). The van der Waals surface area contributed by atoms with Crippen LogP contribution in [0.2, 0.25) is 0 Å². The first-order valence-electron chi connectivity index (χ1n) is 9.28. The number of thioether (sulfide) groups is 1. The van der Waals surface area contributed by atoms with Crippen LogP contribution in [0.15, 0.2) is 77.7 Å². The Balaban J connectivity index is 1.32. The van der Waals surface area contributed by atoms with Gasteiger partial charge in [0.25, 0.3) is 5.91 Å². The second-order valence-corrected chi connectivity index (χ2v) is 7.75. The molecule has 2 amide bonds. The van der Waals surface area contributed by atoms with Crippen LogP contribution >= 0.6 is 11.8 Å². The predicted octanol–water partition coefficient (Wildman–Crippen LogP) is 4.76. The van der Waals surface area contributed by atoms with Crippen molar-refractivity contribution < 1.29 is 14.0 Å². The van der Waals surface area contributed by atoms with Crippen LogP contribution in [0.3, 0.4) is 0 Å². The standard InChI is InChI=1S/C23H19FN2O2S/c24-18-7-5-17(6-8-18)23(28)25-19-9-11-20(12-10-19)29-15-22(27)26-14-13-16-3-1-2-4-21(16)26/h1-12H,13-15H2,(H,25,28). The zero-order chi connectivity index (χ0) is 20.2. The van der Waals surface area contributed by atoms with E-state index in [0.717, 1.165) is 23.5 Å². The van der Waals surface area contributed by atoms with E-state index in [4.69, 9.17) is 0 Å². The minimum absolute atomic E-state index is 0.0913. The van der Waals surface area contributed by atoms with E-state index in [0.29, 0.717) is 17.0 Å². The smallest absolute Gasteiger partial charge is 0.255 e. The van der Waals surface area contributed by atoms with Crippen LogP contribution in [0.4, 0.5) is 15.8 Å². The molecular weight excluding hydrogens is 387 g/mol. The third-order valence-electron chi connectivity index (χ3n) is 4.77. The third-order valence-corrected chi connectivity index (χ3v) is 5.77. The van der Waals surface area contributed by atoms with Crippen molar-refractivity contribution in [3.63, 3.8) is 0 Å². The van der Waals surface area contributed by atoms with Crippen LogP contribution in [-0.2, 0) is 11.2 Å². The second kappa shape index (κ2) is 8.49. The molecule has 6 heteroatoms. The van der Waals surface area contributed by atoms with Gasteiger partial charge in [-0.2, -0.15) is 0 Å². The summed E-state index contributed by atoms with van der Waals surface area (Å²) in [7, 11) is 0. The maximum absolute atomic E-state index is 13.0. The number of hydrogen-bond acceptors (Lipinski definition) is 3. The predicted molar refractivity (Wildman–Crippen MR) is 114 cm³/mol. The number of nitrogens with one attached hydrogen (secondary N) is 1. The number of carbonyl (C=O) groups excluding carboxylic acids is 2. The Hall–Kier alpha value is -3.12. The molecule has 4 nitrogen and oxygen atoms in total. The minimum Gasteiger partial charge on any atom is -0.322 e. The molecule has 29 heavy (non-hydrogen) atoms. The van der Waals surface area contributed by atoms with Crippen molar-refractivity contribution in [1.29, 1.82) is 0 Å². The molecule has 0 bridgehead atoms. The van der Waals surface area contributed by atoms with Gasteiger partial charge in [0.1, 0.15) is 5.82 Å². The van der Waals surface area contributed by atoms with Gasteiger partial charge in [0.15, 0.2) is 0 Å². The Morgan fingerprint density at radius 2 is 1.69 bits per heavy atom. The number of anilines is 2. The van der Waals surface area contributed by atoms with Crippen LogP contribution in [0.1, 0.15) is 15.9 Å². The van der Waals surface area contributed by atoms with Crippen molar-refractivity contribution in [1.82, 2.24) is 0 Å². The highest BCUT2D eigenvalue weighted by atomic mass is 32.2. The van der Waals surface area contributed by atoms with Gasteiger partial charge in [-0.05, 0) is 66.6 Å². The SMILES string of the molecule is O=C(Nc1ccc(SCC(=O)N2CCc3ccccc32)cc1)c1ccc(F)cc1. The Bertz CT molecular complexity index is 1040. The lowest BCUT2D eigenvalue weighted by Gasteiger charge is -2.17. The Morgan fingerprint density at radius 3 is 2.45 bits per heavy atom. The molecule has 0 fully saturated rings. The fourth-order valence-electron chi connectivity index (χ4n) is 3.26. The van der Waals surface area contributed by atoms with Crippen molar-refractivity contribution in [2.75, 3.05) is 22.5 Å². The first kappa shape index (κ1) is 19.2. The molecule has 0 unspecified atom stereocenters. The third kappa shape index (κ3) is 4.49. The monoisotopic (exact) mass is 406 g/mol. The van der Waals surface area contributed by atoms with Gasteiger partial charge in [-0.3, -0.25) is 9.59 Å². The number of benzene rings is 3. The van der Waals surface area contributed by atoms with Gasteiger partial charge in [0.2, 0.25) is 5.91 Å². The van der Waals surface area contributed by atoms with Gasteiger partial charge in [0.05, 0.1) is 5.75 Å². The number of hydrogen-bond donors (Lipinski definition) is 1. The fraction of sp³-hybridized carbons (Fsp3) is 0.130. The molecule has 0 aromatic heterocycles. The number of fused-ring (bicyclic) bond motifs is 1. The summed E-state index contributed by atoms with van der Waals surface area (Å²) in [4.78, 5) is 27.6. The largest absolute Gasteiger partial charge is 0.322 e. The highest BCUT2D eigenvalue weighted by Crippen LogP contribution is 2.29. The lowest BCUT2D eigenvalue weighted by atomic mass is 10.2. The molecule has 0 saturated carbocycles. The molecule has 1 aliphatic rings. The summed E-state index contributed by atoms with van der Waals surface area (Å²) in [6.07, 6.45) is 0.898. The normalized spacial score (nSPS) is 12.5. The molecule has 0 spiro atoms. The van der Waals surface area contributed by atoms with Crippen molar-refractivity contribution in [3.05, 3.63) is 89.7 Å². The van der Waals surface area contributed by atoms with Crippen molar-refractivity contribution in [2.24, 2.45) is 0 Å². The van der Waals surface area contributed by atoms with Gasteiger partial charge >= 0.3 is 0 Å². The fourth-order valence-corrected chi connectivity index (χ4v) is 4.03. The average Bonchev–Trinajstić information content (AvgIpc) is 3.18. The molecule has 0 saturated heterocycles. The molecular formula is C23H19FN2O2S. The average molecular weight is 406 g/mol. The van der Waals surface area contributed by atoms with Gasteiger partial charge in [-0.25, -0.2) is 4.39 Å². The van der Waals surface area contributed by atoms with Crippen LogP contribution in [-0.4, -0.2) is 24.1 Å². The maximum atomic E-state index is 13.0. The highest BCUT2D eigenvalue weighted by Gasteiger charge is 2.23. The molecule has 0 radical (unpaired) electrons. The van der Waals surface area contributed by atoms with E-state index in [1.54, 1.807) is 12.1 Å². The molecule has 0 aliphatic carbocycles. The minimum atomic E-state index is -0.380. The lowest BCUT2D eigenvalue weighted by molar-refractivity contribution is -0.116. The Kier molecular flexibility index (Phi) is 5.62. The van der Waals surface area contributed by atoms with E-state index >= 15 is 0 Å². The quantitative estimate of drug-likeness (QED) is 0.622. The van der Waals surface area contributed by atoms with Crippen LogP contribution in [0, 0.1) is 5.82 Å². The van der Waals surface area contributed by atoms with Crippen molar-refractivity contribution in [3.8, 4) is 0 Å². The zero-order valence-corrected chi connectivity index (χ0v) is 16.4. The van der Waals surface area contributed by atoms with Crippen LogP contribution in [0.5, 0.6) is 0 Å². The Morgan fingerprint density at radius 1 is 0.966 bits per heavy atom. The van der Waals surface area contributed by atoms with Gasteiger partial charge in [-0.1, -0.05) is 18.2 Å². The van der Waals surface area contributed by atoms with E-state index in [1.807, 2.05) is 35.2 Å². The van der Waals surface area contributed by atoms with E-state index in [9.17, 15) is 14.0 Å². The molecule has 3 aromatic rings. The summed E-state index contributed by atoms with van der Waals surface area (Å²) in [5.41, 5.74) is 3.26. The number of nitrogens with zero attached hydrogens (tertiary/aromatic N) is 1. The molecule has 1 aliphatic heterocycles. The summed E-state index contributed by atoms with van der Waals surface area (Å²) in [5, 5.41) is 2.78. The number of para-hydroxylation sites is 1. The number of carbonyl (C=O) groups is 2. The number of rotatable bonds is 5. The van der Waals surface area contributed by atoms with E-state index in [-0.39, 0.29) is 17.6 Å². The highest BCUT2D eigenvalue weighted by molar-refractivity contribution is 8.00. The summed E-state index contributed by atoms with van der Waals surface area (Å²) in [6.45, 7) is 0.729. The first-order chi connectivity index (χ1) is 14.1. The van der Waals surface area contributed by atoms with Crippen molar-refractivity contribution in [2.45, 2.75) is 11.3 Å². The second-order valence-electron chi connectivity index (χ2n) is 6.70. The summed E-state index contributed by atoms with van der Waals surface area (Å²) in [6, 6.07) is 20.7. The van der Waals surface area contributed by atoms with Gasteiger partial charge < -0.3 is 10.2 Å². The first-order valence-corrected chi connectivity index (χ1v) is 10.3. The molecule has 1 heterocycles.